The summed E-state index contributed by atoms with van der Waals surface area (Å²) in [5.41, 5.74) is -2.90. The molecule has 0 amide bonds. The first-order valence-corrected chi connectivity index (χ1v) is 15.2. The summed E-state index contributed by atoms with van der Waals surface area (Å²) in [4.78, 5) is 0. The SMILES string of the molecule is CC1CCC(C2CCC(C3CCC(C(F)(F)Oc4cc(F)c(-c5ccc(C(F)(F)F)c(F)c5)c(F)c4)CC3)CC2)CC1. The maximum Gasteiger partial charge on any atom is 0.419 e. The predicted octanol–water partition coefficient (Wildman–Crippen LogP) is 11.2. The molecule has 0 spiro atoms. The molecule has 3 aliphatic carbocycles. The molecule has 0 aromatic heterocycles. The number of hydrogen-bond donors (Lipinski definition) is 0. The first-order valence-electron chi connectivity index (χ1n) is 15.2. The third-order valence-electron chi connectivity index (χ3n) is 10.3. The molecule has 2 aromatic carbocycles. The molecule has 0 atom stereocenters. The van der Waals surface area contributed by atoms with Crippen molar-refractivity contribution in [3.05, 3.63) is 53.3 Å². The van der Waals surface area contributed by atoms with Crippen LogP contribution in [0.5, 0.6) is 5.75 Å². The highest BCUT2D eigenvalue weighted by Crippen LogP contribution is 2.48. The van der Waals surface area contributed by atoms with Crippen molar-refractivity contribution < 1.29 is 39.9 Å². The minimum Gasteiger partial charge on any atom is -0.432 e. The van der Waals surface area contributed by atoms with E-state index >= 15 is 8.78 Å². The molecule has 0 unspecified atom stereocenters. The minimum atomic E-state index is -4.98. The van der Waals surface area contributed by atoms with Gasteiger partial charge in [-0.2, -0.15) is 22.0 Å². The number of halogens is 8. The van der Waals surface area contributed by atoms with Crippen LogP contribution in [0.2, 0.25) is 0 Å². The molecule has 3 aliphatic rings. The highest BCUT2D eigenvalue weighted by molar-refractivity contribution is 5.66. The van der Waals surface area contributed by atoms with E-state index in [1.807, 2.05) is 0 Å². The van der Waals surface area contributed by atoms with Crippen LogP contribution in [-0.2, 0) is 6.18 Å². The molecule has 0 radical (unpaired) electrons. The highest BCUT2D eigenvalue weighted by atomic mass is 19.4. The van der Waals surface area contributed by atoms with Gasteiger partial charge in [0.25, 0.3) is 0 Å². The van der Waals surface area contributed by atoms with E-state index in [9.17, 15) is 26.3 Å². The van der Waals surface area contributed by atoms with E-state index in [1.165, 1.54) is 38.5 Å². The predicted molar refractivity (Wildman–Crippen MR) is 144 cm³/mol. The van der Waals surface area contributed by atoms with Crippen LogP contribution in [0, 0.1) is 53.0 Å². The number of benzene rings is 2. The average Bonchev–Trinajstić information content (AvgIpc) is 2.92. The molecule has 3 fully saturated rings. The van der Waals surface area contributed by atoms with Crippen molar-refractivity contribution in [1.29, 1.82) is 0 Å². The van der Waals surface area contributed by atoms with Crippen molar-refractivity contribution in [1.82, 2.24) is 0 Å². The van der Waals surface area contributed by atoms with Gasteiger partial charge in [0, 0.05) is 12.1 Å². The molecule has 0 heterocycles. The number of alkyl halides is 5. The molecule has 232 valence electrons. The van der Waals surface area contributed by atoms with Crippen LogP contribution >= 0.6 is 0 Å². The number of hydrogen-bond acceptors (Lipinski definition) is 1. The summed E-state index contributed by atoms with van der Waals surface area (Å²) in [5, 5.41) is 0. The van der Waals surface area contributed by atoms with Gasteiger partial charge in [-0.15, -0.1) is 0 Å². The van der Waals surface area contributed by atoms with Gasteiger partial charge in [-0.25, -0.2) is 13.2 Å². The van der Waals surface area contributed by atoms with Crippen LogP contribution in [0.3, 0.4) is 0 Å². The Morgan fingerprint density at radius 1 is 0.595 bits per heavy atom. The lowest BCUT2D eigenvalue weighted by Gasteiger charge is -2.41. The van der Waals surface area contributed by atoms with Crippen molar-refractivity contribution >= 4 is 0 Å². The monoisotopic (exact) mass is 602 g/mol. The lowest BCUT2D eigenvalue weighted by molar-refractivity contribution is -0.224. The third kappa shape index (κ3) is 6.91. The second-order valence-electron chi connectivity index (χ2n) is 12.9. The van der Waals surface area contributed by atoms with E-state index in [2.05, 4.69) is 6.92 Å². The standard InChI is InChI=1S/C33H38F8O/c1-19-2-4-20(5-3-19)21-6-8-22(9-7-21)23-10-13-25(14-11-23)33(40,41)42-26-17-29(35)31(30(36)18-26)24-12-15-27(28(34)16-24)32(37,38)39/h12,15-23,25H,2-11,13-14H2,1H3. The quantitative estimate of drug-likeness (QED) is 0.299. The van der Waals surface area contributed by atoms with Gasteiger partial charge in [0.15, 0.2) is 0 Å². The number of ether oxygens (including phenoxy) is 1. The summed E-state index contributed by atoms with van der Waals surface area (Å²) in [7, 11) is 0. The van der Waals surface area contributed by atoms with E-state index < -0.39 is 58.1 Å². The Kier molecular flexibility index (Phi) is 9.15. The number of rotatable bonds is 6. The lowest BCUT2D eigenvalue weighted by atomic mass is 9.65. The van der Waals surface area contributed by atoms with E-state index in [0.717, 1.165) is 36.7 Å². The van der Waals surface area contributed by atoms with Crippen molar-refractivity contribution in [2.45, 2.75) is 96.3 Å². The Morgan fingerprint density at radius 2 is 1.05 bits per heavy atom. The summed E-state index contributed by atoms with van der Waals surface area (Å²) in [6.07, 6.45) is 3.32. The van der Waals surface area contributed by atoms with Crippen molar-refractivity contribution in [2.75, 3.05) is 0 Å². The summed E-state index contributed by atoms with van der Waals surface area (Å²) >= 11 is 0. The maximum atomic E-state index is 15.1. The minimum absolute atomic E-state index is 0.256. The molecule has 1 nitrogen and oxygen atoms in total. The summed E-state index contributed by atoms with van der Waals surface area (Å²) in [5.74, 6) is -2.77. The molecular formula is C33H38F8O. The van der Waals surface area contributed by atoms with Crippen molar-refractivity contribution in [3.63, 3.8) is 0 Å². The molecule has 5 rings (SSSR count). The molecule has 0 N–H and O–H groups in total. The topological polar surface area (TPSA) is 9.23 Å². The summed E-state index contributed by atoms with van der Waals surface area (Å²) in [6, 6.07) is 2.57. The fourth-order valence-electron chi connectivity index (χ4n) is 7.80. The Morgan fingerprint density at radius 3 is 1.50 bits per heavy atom. The molecule has 0 saturated heterocycles. The Bertz CT molecular complexity index is 1190. The van der Waals surface area contributed by atoms with Crippen LogP contribution < -0.4 is 4.74 Å². The van der Waals surface area contributed by atoms with Gasteiger partial charge in [0.05, 0.1) is 17.0 Å². The fourth-order valence-corrected chi connectivity index (χ4v) is 7.80. The van der Waals surface area contributed by atoms with Gasteiger partial charge in [-0.1, -0.05) is 25.8 Å². The van der Waals surface area contributed by atoms with Crippen LogP contribution in [0.25, 0.3) is 11.1 Å². The van der Waals surface area contributed by atoms with Crippen LogP contribution in [0.1, 0.15) is 89.5 Å². The molecular weight excluding hydrogens is 564 g/mol. The molecule has 3 saturated carbocycles. The lowest BCUT2D eigenvalue weighted by Crippen LogP contribution is -2.38. The summed E-state index contributed by atoms with van der Waals surface area (Å²) < 4.78 is 117. The smallest absolute Gasteiger partial charge is 0.419 e. The molecule has 0 aliphatic heterocycles. The molecule has 0 bridgehead atoms. The van der Waals surface area contributed by atoms with Gasteiger partial charge in [-0.05, 0) is 111 Å². The average molecular weight is 603 g/mol. The first-order chi connectivity index (χ1) is 19.8. The van der Waals surface area contributed by atoms with E-state index in [4.69, 9.17) is 4.74 Å². The van der Waals surface area contributed by atoms with E-state index in [-0.39, 0.29) is 12.8 Å². The van der Waals surface area contributed by atoms with E-state index in [0.29, 0.717) is 48.9 Å². The van der Waals surface area contributed by atoms with Gasteiger partial charge in [0.1, 0.15) is 23.2 Å². The molecule has 42 heavy (non-hydrogen) atoms. The normalized spacial score (nSPS) is 29.4. The van der Waals surface area contributed by atoms with Gasteiger partial charge >= 0.3 is 12.3 Å². The van der Waals surface area contributed by atoms with Crippen LogP contribution in [-0.4, -0.2) is 6.11 Å². The highest BCUT2D eigenvalue weighted by Gasteiger charge is 2.45. The van der Waals surface area contributed by atoms with Crippen LogP contribution in [0.4, 0.5) is 35.1 Å². The third-order valence-corrected chi connectivity index (χ3v) is 10.3. The Labute approximate surface area is 242 Å². The Balaban J connectivity index is 1.16. The summed E-state index contributed by atoms with van der Waals surface area (Å²) in [6.45, 7) is 2.33. The van der Waals surface area contributed by atoms with Gasteiger partial charge in [-0.3, -0.25) is 0 Å². The Hall–Kier alpha value is -2.32. The molecule has 2 aromatic rings. The van der Waals surface area contributed by atoms with Crippen LogP contribution in [0.15, 0.2) is 30.3 Å². The van der Waals surface area contributed by atoms with Crippen molar-refractivity contribution in [3.8, 4) is 16.9 Å². The van der Waals surface area contributed by atoms with Gasteiger partial charge < -0.3 is 4.74 Å². The zero-order valence-corrected chi connectivity index (χ0v) is 23.8. The largest absolute Gasteiger partial charge is 0.432 e. The maximum absolute atomic E-state index is 15.1. The second kappa shape index (κ2) is 12.4. The first kappa shape index (κ1) is 31.1. The van der Waals surface area contributed by atoms with E-state index in [1.54, 1.807) is 0 Å². The second-order valence-corrected chi connectivity index (χ2v) is 12.9. The fraction of sp³-hybridized carbons (Fsp3) is 0.636. The zero-order chi connectivity index (χ0) is 30.2. The molecule has 9 heteroatoms. The zero-order valence-electron chi connectivity index (χ0n) is 23.8. The van der Waals surface area contributed by atoms with Gasteiger partial charge in [0.2, 0.25) is 0 Å². The van der Waals surface area contributed by atoms with Crippen molar-refractivity contribution in [2.24, 2.45) is 35.5 Å².